The fraction of sp³-hybridized carbons (Fsp3) is 0.292. The van der Waals surface area contributed by atoms with Crippen molar-refractivity contribution in [3.05, 3.63) is 89.0 Å². The minimum atomic E-state index is -0.921. The SMILES string of the molecule is CC1=Cc2c(cnn2-c2ccc(F)cc2)C[C@]1(C)CC(C)(O)c1ccccc1. The lowest BCUT2D eigenvalue weighted by molar-refractivity contribution is 0.0148. The van der Waals surface area contributed by atoms with E-state index in [4.69, 9.17) is 0 Å². The summed E-state index contributed by atoms with van der Waals surface area (Å²) in [7, 11) is 0. The van der Waals surface area contributed by atoms with Crippen molar-refractivity contribution in [1.29, 1.82) is 0 Å². The zero-order chi connectivity index (χ0) is 19.9. The van der Waals surface area contributed by atoms with Crippen molar-refractivity contribution in [2.24, 2.45) is 5.41 Å². The largest absolute Gasteiger partial charge is 0.385 e. The normalized spacial score (nSPS) is 21.0. The average Bonchev–Trinajstić information content (AvgIpc) is 3.05. The van der Waals surface area contributed by atoms with Crippen LogP contribution in [-0.2, 0) is 12.0 Å². The summed E-state index contributed by atoms with van der Waals surface area (Å²) in [6.07, 6.45) is 5.45. The Morgan fingerprint density at radius 2 is 1.82 bits per heavy atom. The van der Waals surface area contributed by atoms with Gasteiger partial charge in [-0.15, -0.1) is 0 Å². The van der Waals surface area contributed by atoms with Crippen molar-refractivity contribution in [3.8, 4) is 5.69 Å². The molecule has 3 aromatic rings. The number of fused-ring (bicyclic) bond motifs is 1. The molecular formula is C24H25FN2O. The number of aliphatic hydroxyl groups is 1. The molecule has 0 bridgehead atoms. The maximum atomic E-state index is 13.3. The topological polar surface area (TPSA) is 38.0 Å². The second-order valence-electron chi connectivity index (χ2n) is 8.32. The van der Waals surface area contributed by atoms with Crippen molar-refractivity contribution < 1.29 is 9.50 Å². The molecule has 2 atom stereocenters. The summed E-state index contributed by atoms with van der Waals surface area (Å²) >= 11 is 0. The van der Waals surface area contributed by atoms with Crippen LogP contribution < -0.4 is 0 Å². The van der Waals surface area contributed by atoms with Crippen molar-refractivity contribution in [1.82, 2.24) is 9.78 Å². The van der Waals surface area contributed by atoms with E-state index in [1.165, 1.54) is 17.7 Å². The molecule has 4 heteroatoms. The Bertz CT molecular complexity index is 1020. The second kappa shape index (κ2) is 6.71. The molecule has 1 aromatic heterocycles. The van der Waals surface area contributed by atoms with Gasteiger partial charge in [0.2, 0.25) is 0 Å². The fourth-order valence-electron chi connectivity index (χ4n) is 4.27. The molecule has 0 radical (unpaired) electrons. The van der Waals surface area contributed by atoms with Crippen molar-refractivity contribution in [3.63, 3.8) is 0 Å². The lowest BCUT2D eigenvalue weighted by atomic mass is 9.67. The molecule has 1 N–H and O–H groups in total. The summed E-state index contributed by atoms with van der Waals surface area (Å²) in [6.45, 7) is 6.21. The molecule has 1 unspecified atom stereocenters. The van der Waals surface area contributed by atoms with Gasteiger partial charge in [0.15, 0.2) is 0 Å². The van der Waals surface area contributed by atoms with Crippen LogP contribution in [-0.4, -0.2) is 14.9 Å². The first-order chi connectivity index (χ1) is 13.3. The summed E-state index contributed by atoms with van der Waals surface area (Å²) in [4.78, 5) is 0. The predicted octanol–water partition coefficient (Wildman–Crippen LogP) is 5.27. The number of nitrogens with zero attached hydrogens (tertiary/aromatic N) is 2. The van der Waals surface area contributed by atoms with Crippen molar-refractivity contribution >= 4 is 6.08 Å². The molecule has 144 valence electrons. The van der Waals surface area contributed by atoms with Crippen molar-refractivity contribution in [2.75, 3.05) is 0 Å². The average molecular weight is 376 g/mol. The van der Waals surface area contributed by atoms with Crippen LogP contribution in [0.5, 0.6) is 0 Å². The van der Waals surface area contributed by atoms with Gasteiger partial charge in [-0.1, -0.05) is 42.8 Å². The lowest BCUT2D eigenvalue weighted by Crippen LogP contribution is -2.34. The summed E-state index contributed by atoms with van der Waals surface area (Å²) in [5.74, 6) is -0.257. The van der Waals surface area contributed by atoms with E-state index in [-0.39, 0.29) is 11.2 Å². The highest BCUT2D eigenvalue weighted by Crippen LogP contribution is 2.46. The minimum Gasteiger partial charge on any atom is -0.385 e. The van der Waals surface area contributed by atoms with Crippen LogP contribution in [0.2, 0.25) is 0 Å². The Kier molecular flexibility index (Phi) is 4.47. The Labute approximate surface area is 165 Å². The molecule has 0 fully saturated rings. The van der Waals surface area contributed by atoms with E-state index in [1.54, 1.807) is 12.1 Å². The highest BCUT2D eigenvalue weighted by Gasteiger charge is 2.39. The molecule has 1 aliphatic carbocycles. The molecule has 2 aromatic carbocycles. The molecule has 3 nitrogen and oxygen atoms in total. The quantitative estimate of drug-likeness (QED) is 0.673. The molecule has 0 amide bonds. The van der Waals surface area contributed by atoms with E-state index < -0.39 is 5.60 Å². The van der Waals surface area contributed by atoms with E-state index in [0.717, 1.165) is 28.9 Å². The third-order valence-electron chi connectivity index (χ3n) is 5.97. The number of aromatic nitrogens is 2. The highest BCUT2D eigenvalue weighted by atomic mass is 19.1. The van der Waals surface area contributed by atoms with Gasteiger partial charge in [-0.2, -0.15) is 5.10 Å². The summed E-state index contributed by atoms with van der Waals surface area (Å²) < 4.78 is 15.1. The number of hydrogen-bond acceptors (Lipinski definition) is 2. The Morgan fingerprint density at radius 3 is 2.50 bits per heavy atom. The van der Waals surface area contributed by atoms with Gasteiger partial charge in [-0.3, -0.25) is 0 Å². The number of benzene rings is 2. The standard InChI is InChI=1S/C24H25FN2O/c1-17-13-22-18(15-26-27(22)21-11-9-20(25)10-12-21)14-23(17,2)16-24(3,28)19-7-5-4-6-8-19/h4-13,15,28H,14,16H2,1-3H3/t23-,24?/m1/s1. The lowest BCUT2D eigenvalue weighted by Gasteiger charge is -2.40. The van der Waals surface area contributed by atoms with Crippen LogP contribution in [0.4, 0.5) is 4.39 Å². The molecule has 1 heterocycles. The van der Waals surface area contributed by atoms with Gasteiger partial charge >= 0.3 is 0 Å². The van der Waals surface area contributed by atoms with Gasteiger partial charge < -0.3 is 5.11 Å². The van der Waals surface area contributed by atoms with Crippen LogP contribution in [0, 0.1) is 11.2 Å². The van der Waals surface area contributed by atoms with Crippen LogP contribution in [0.25, 0.3) is 11.8 Å². The zero-order valence-corrected chi connectivity index (χ0v) is 16.5. The molecular weight excluding hydrogens is 351 g/mol. The maximum Gasteiger partial charge on any atom is 0.123 e. The summed E-state index contributed by atoms with van der Waals surface area (Å²) in [5.41, 5.74) is 4.05. The van der Waals surface area contributed by atoms with Gasteiger partial charge in [0.1, 0.15) is 5.82 Å². The first-order valence-electron chi connectivity index (χ1n) is 9.58. The van der Waals surface area contributed by atoms with Gasteiger partial charge in [0, 0.05) is 0 Å². The van der Waals surface area contributed by atoms with E-state index in [2.05, 4.69) is 25.0 Å². The third kappa shape index (κ3) is 3.29. The smallest absolute Gasteiger partial charge is 0.123 e. The Hall–Kier alpha value is -2.72. The molecule has 0 aliphatic heterocycles. The first kappa shape index (κ1) is 18.6. The van der Waals surface area contributed by atoms with Crippen molar-refractivity contribution in [2.45, 2.75) is 39.2 Å². The maximum absolute atomic E-state index is 13.3. The zero-order valence-electron chi connectivity index (χ0n) is 16.5. The summed E-state index contributed by atoms with van der Waals surface area (Å²) in [5, 5.41) is 15.7. The fourth-order valence-corrected chi connectivity index (χ4v) is 4.27. The van der Waals surface area contributed by atoms with E-state index in [0.29, 0.717) is 6.42 Å². The van der Waals surface area contributed by atoms with Gasteiger partial charge in [0.05, 0.1) is 23.2 Å². The molecule has 4 rings (SSSR count). The molecule has 0 saturated heterocycles. The van der Waals surface area contributed by atoms with E-state index in [1.807, 2.05) is 48.1 Å². The second-order valence-corrected chi connectivity index (χ2v) is 8.32. The van der Waals surface area contributed by atoms with Crippen LogP contribution >= 0.6 is 0 Å². The van der Waals surface area contributed by atoms with Crippen LogP contribution in [0.3, 0.4) is 0 Å². The summed E-state index contributed by atoms with van der Waals surface area (Å²) in [6, 6.07) is 16.2. The van der Waals surface area contributed by atoms with E-state index in [9.17, 15) is 9.50 Å². The Balaban J connectivity index is 1.66. The molecule has 28 heavy (non-hydrogen) atoms. The molecule has 0 saturated carbocycles. The Morgan fingerprint density at radius 1 is 1.14 bits per heavy atom. The van der Waals surface area contributed by atoms with Gasteiger partial charge in [-0.05, 0) is 73.6 Å². The predicted molar refractivity (Wildman–Crippen MR) is 110 cm³/mol. The van der Waals surface area contributed by atoms with Crippen LogP contribution in [0.1, 0.15) is 44.0 Å². The number of rotatable bonds is 4. The van der Waals surface area contributed by atoms with Crippen LogP contribution in [0.15, 0.2) is 66.4 Å². The molecule has 1 aliphatic rings. The monoisotopic (exact) mass is 376 g/mol. The first-order valence-corrected chi connectivity index (χ1v) is 9.58. The third-order valence-corrected chi connectivity index (χ3v) is 5.97. The number of hydrogen-bond donors (Lipinski definition) is 1. The molecule has 0 spiro atoms. The van der Waals surface area contributed by atoms with Gasteiger partial charge in [-0.25, -0.2) is 9.07 Å². The highest BCUT2D eigenvalue weighted by molar-refractivity contribution is 5.60. The number of halogens is 1. The minimum absolute atomic E-state index is 0.178. The van der Waals surface area contributed by atoms with Gasteiger partial charge in [0.25, 0.3) is 0 Å². The van der Waals surface area contributed by atoms with E-state index >= 15 is 0 Å². The number of allylic oxidation sites excluding steroid dienone is 1.